The smallest absolute Gasteiger partial charge is 0.134 e. The van der Waals surface area contributed by atoms with Gasteiger partial charge in [-0.15, -0.1) is 0 Å². The molecule has 18 heavy (non-hydrogen) atoms. The lowest BCUT2D eigenvalue weighted by Gasteiger charge is -2.18. The summed E-state index contributed by atoms with van der Waals surface area (Å²) < 4.78 is 19.0. The molecule has 1 aromatic heterocycles. The van der Waals surface area contributed by atoms with E-state index in [2.05, 4.69) is 11.8 Å². The minimum atomic E-state index is -0.229. The van der Waals surface area contributed by atoms with Crippen molar-refractivity contribution in [1.29, 1.82) is 0 Å². The number of aryl methyl sites for hydroxylation is 1. The first-order valence-electron chi connectivity index (χ1n) is 6.25. The van der Waals surface area contributed by atoms with E-state index in [1.165, 1.54) is 12.1 Å². The number of halogens is 1. The Bertz CT molecular complexity index is 536. The van der Waals surface area contributed by atoms with Crippen molar-refractivity contribution in [2.75, 3.05) is 19.6 Å². The Morgan fingerprint density at radius 1 is 1.39 bits per heavy atom. The molecule has 2 aromatic rings. The third-order valence-corrected chi connectivity index (χ3v) is 3.26. The van der Waals surface area contributed by atoms with E-state index >= 15 is 0 Å². The number of nitrogens with two attached hydrogens (primary N) is 1. The Kier molecular flexibility index (Phi) is 3.99. The van der Waals surface area contributed by atoms with Crippen LogP contribution in [0.25, 0.3) is 11.0 Å². The molecule has 2 N–H and O–H groups in total. The summed E-state index contributed by atoms with van der Waals surface area (Å²) in [7, 11) is 0. The van der Waals surface area contributed by atoms with E-state index in [9.17, 15) is 4.39 Å². The molecule has 4 heteroatoms. The van der Waals surface area contributed by atoms with Crippen molar-refractivity contribution in [3.8, 4) is 0 Å². The number of furan rings is 1. The molecule has 0 aliphatic carbocycles. The lowest BCUT2D eigenvalue weighted by molar-refractivity contribution is 0.265. The van der Waals surface area contributed by atoms with Crippen LogP contribution in [0.3, 0.4) is 0 Å². The third kappa shape index (κ3) is 2.54. The largest absolute Gasteiger partial charge is 0.459 e. The zero-order chi connectivity index (χ0) is 13.1. The van der Waals surface area contributed by atoms with Gasteiger partial charge in [-0.2, -0.15) is 0 Å². The number of fused-ring (bicyclic) bond motifs is 1. The summed E-state index contributed by atoms with van der Waals surface area (Å²) in [4.78, 5) is 2.21. The maximum Gasteiger partial charge on any atom is 0.134 e. The Balaban J connectivity index is 2.31. The predicted molar refractivity (Wildman–Crippen MR) is 70.9 cm³/mol. The number of benzene rings is 1. The van der Waals surface area contributed by atoms with Gasteiger partial charge < -0.3 is 10.2 Å². The van der Waals surface area contributed by atoms with Gasteiger partial charge >= 0.3 is 0 Å². The van der Waals surface area contributed by atoms with Crippen molar-refractivity contribution in [2.45, 2.75) is 20.4 Å². The van der Waals surface area contributed by atoms with Gasteiger partial charge in [-0.05, 0) is 37.2 Å². The Morgan fingerprint density at radius 3 is 2.83 bits per heavy atom. The van der Waals surface area contributed by atoms with Gasteiger partial charge in [0.05, 0.1) is 6.54 Å². The number of likely N-dealkylation sites (N-methyl/N-ethyl adjacent to an activating group) is 1. The van der Waals surface area contributed by atoms with Gasteiger partial charge in [-0.25, -0.2) is 4.39 Å². The molecule has 0 amide bonds. The second-order valence-electron chi connectivity index (χ2n) is 4.45. The van der Waals surface area contributed by atoms with Crippen LogP contribution in [0.1, 0.15) is 18.2 Å². The summed E-state index contributed by atoms with van der Waals surface area (Å²) in [6.45, 7) is 7.16. The first-order valence-corrected chi connectivity index (χ1v) is 6.25. The van der Waals surface area contributed by atoms with Crippen LogP contribution in [0.4, 0.5) is 4.39 Å². The van der Waals surface area contributed by atoms with Crippen LogP contribution in [-0.2, 0) is 6.54 Å². The molecule has 98 valence electrons. The standard InChI is InChI=1S/C14H19FN2O/c1-3-17(7-6-16)9-14-10(2)12-8-11(15)4-5-13(12)18-14/h4-5,8H,3,6-7,9,16H2,1-2H3. The van der Waals surface area contributed by atoms with E-state index in [1.807, 2.05) is 6.92 Å². The fraction of sp³-hybridized carbons (Fsp3) is 0.429. The van der Waals surface area contributed by atoms with Crippen molar-refractivity contribution in [3.63, 3.8) is 0 Å². The summed E-state index contributed by atoms with van der Waals surface area (Å²) >= 11 is 0. The molecule has 0 radical (unpaired) electrons. The van der Waals surface area contributed by atoms with Crippen molar-refractivity contribution in [3.05, 3.63) is 35.3 Å². The van der Waals surface area contributed by atoms with Crippen LogP contribution >= 0.6 is 0 Å². The van der Waals surface area contributed by atoms with Gasteiger partial charge in [0.1, 0.15) is 17.2 Å². The number of rotatable bonds is 5. The van der Waals surface area contributed by atoms with Crippen LogP contribution in [0.2, 0.25) is 0 Å². The second-order valence-corrected chi connectivity index (χ2v) is 4.45. The highest BCUT2D eigenvalue weighted by atomic mass is 19.1. The highest BCUT2D eigenvalue weighted by Crippen LogP contribution is 2.26. The monoisotopic (exact) mass is 250 g/mol. The van der Waals surface area contributed by atoms with Crippen LogP contribution in [-0.4, -0.2) is 24.5 Å². The van der Waals surface area contributed by atoms with E-state index in [1.54, 1.807) is 6.07 Å². The lowest BCUT2D eigenvalue weighted by Crippen LogP contribution is -2.28. The number of hydrogen-bond donors (Lipinski definition) is 1. The van der Waals surface area contributed by atoms with E-state index < -0.39 is 0 Å². The Labute approximate surface area is 106 Å². The zero-order valence-corrected chi connectivity index (χ0v) is 10.9. The van der Waals surface area contributed by atoms with E-state index in [-0.39, 0.29) is 5.82 Å². The van der Waals surface area contributed by atoms with Crippen molar-refractivity contribution < 1.29 is 8.81 Å². The quantitative estimate of drug-likeness (QED) is 0.887. The molecule has 0 fully saturated rings. The highest BCUT2D eigenvalue weighted by molar-refractivity contribution is 5.82. The summed E-state index contributed by atoms with van der Waals surface area (Å²) in [5.41, 5.74) is 7.33. The molecular formula is C14H19FN2O. The van der Waals surface area contributed by atoms with Crippen molar-refractivity contribution >= 4 is 11.0 Å². The molecule has 1 aromatic carbocycles. The molecule has 1 heterocycles. The van der Waals surface area contributed by atoms with Crippen LogP contribution < -0.4 is 5.73 Å². The average molecular weight is 250 g/mol. The summed E-state index contributed by atoms with van der Waals surface area (Å²) in [5, 5.41) is 0.855. The topological polar surface area (TPSA) is 42.4 Å². The van der Waals surface area contributed by atoms with Gasteiger partial charge in [-0.1, -0.05) is 6.92 Å². The predicted octanol–water partition coefficient (Wildman–Crippen LogP) is 2.66. The van der Waals surface area contributed by atoms with Gasteiger partial charge in [0, 0.05) is 18.5 Å². The van der Waals surface area contributed by atoms with E-state index in [4.69, 9.17) is 10.2 Å². The molecule has 0 spiro atoms. The SMILES string of the molecule is CCN(CCN)Cc1oc2ccc(F)cc2c1C. The normalized spacial score (nSPS) is 11.6. The van der Waals surface area contributed by atoms with Gasteiger partial charge in [0.15, 0.2) is 0 Å². The summed E-state index contributed by atoms with van der Waals surface area (Å²) in [5.74, 6) is 0.665. The molecule has 3 nitrogen and oxygen atoms in total. The first-order chi connectivity index (χ1) is 8.65. The van der Waals surface area contributed by atoms with Crippen LogP contribution in [0, 0.1) is 12.7 Å². The zero-order valence-electron chi connectivity index (χ0n) is 10.9. The lowest BCUT2D eigenvalue weighted by atomic mass is 10.1. The van der Waals surface area contributed by atoms with E-state index in [0.29, 0.717) is 6.54 Å². The fourth-order valence-electron chi connectivity index (χ4n) is 2.13. The Hall–Kier alpha value is -1.39. The maximum atomic E-state index is 13.2. The third-order valence-electron chi connectivity index (χ3n) is 3.26. The molecule has 0 unspecified atom stereocenters. The highest BCUT2D eigenvalue weighted by Gasteiger charge is 2.13. The van der Waals surface area contributed by atoms with Gasteiger partial charge in [0.25, 0.3) is 0 Å². The van der Waals surface area contributed by atoms with Crippen molar-refractivity contribution in [1.82, 2.24) is 4.90 Å². The molecule has 2 rings (SSSR count). The molecule has 0 saturated heterocycles. The minimum Gasteiger partial charge on any atom is -0.459 e. The molecule has 0 aliphatic heterocycles. The maximum absolute atomic E-state index is 13.2. The molecule has 0 saturated carbocycles. The van der Waals surface area contributed by atoms with Crippen LogP contribution in [0.15, 0.2) is 22.6 Å². The molecule has 0 atom stereocenters. The molecule has 0 aliphatic rings. The average Bonchev–Trinajstić information content (AvgIpc) is 2.66. The minimum absolute atomic E-state index is 0.229. The summed E-state index contributed by atoms with van der Waals surface area (Å²) in [6.07, 6.45) is 0. The Morgan fingerprint density at radius 2 is 2.17 bits per heavy atom. The molecule has 0 bridgehead atoms. The van der Waals surface area contributed by atoms with E-state index in [0.717, 1.165) is 41.9 Å². The number of hydrogen-bond acceptors (Lipinski definition) is 3. The summed E-state index contributed by atoms with van der Waals surface area (Å²) in [6, 6.07) is 4.63. The first kappa shape index (κ1) is 13.1. The fourth-order valence-corrected chi connectivity index (χ4v) is 2.13. The molecular weight excluding hydrogens is 231 g/mol. The van der Waals surface area contributed by atoms with Crippen molar-refractivity contribution in [2.24, 2.45) is 5.73 Å². The van der Waals surface area contributed by atoms with Gasteiger partial charge in [-0.3, -0.25) is 4.90 Å². The van der Waals surface area contributed by atoms with Gasteiger partial charge in [0.2, 0.25) is 0 Å². The van der Waals surface area contributed by atoms with Crippen LogP contribution in [0.5, 0.6) is 0 Å². The number of nitrogens with zero attached hydrogens (tertiary/aromatic N) is 1. The second kappa shape index (κ2) is 5.50.